The molecule has 31 heavy (non-hydrogen) atoms. The van der Waals surface area contributed by atoms with E-state index in [1.54, 1.807) is 0 Å². The fraction of sp³-hybridized carbons (Fsp3) is 0.250. The van der Waals surface area contributed by atoms with Crippen molar-refractivity contribution in [2.45, 2.75) is 30.8 Å². The van der Waals surface area contributed by atoms with Gasteiger partial charge in [-0.25, -0.2) is 17.8 Å². The van der Waals surface area contributed by atoms with Crippen molar-refractivity contribution >= 4 is 21.4 Å². The monoisotopic (exact) mass is 476 g/mol. The lowest BCUT2D eigenvalue weighted by molar-refractivity contribution is -0.137. The Kier molecular flexibility index (Phi) is 6.45. The van der Waals surface area contributed by atoms with Gasteiger partial charge < -0.3 is 9.72 Å². The molecule has 0 aliphatic rings. The van der Waals surface area contributed by atoms with Gasteiger partial charge in [0.25, 0.3) is 0 Å². The Morgan fingerprint density at radius 1 is 1.19 bits per heavy atom. The summed E-state index contributed by atoms with van der Waals surface area (Å²) in [6, 6.07) is 8.36. The Morgan fingerprint density at radius 3 is 2.48 bits per heavy atom. The molecule has 0 unspecified atom stereocenters. The number of H-pyrrole nitrogens is 1. The molecule has 1 aromatic heterocycles. The molecular formula is C20H17ClF4N2O3S. The molecule has 0 aliphatic heterocycles. The Morgan fingerprint density at radius 2 is 1.90 bits per heavy atom. The number of hydrogen-bond acceptors (Lipinski definition) is 4. The van der Waals surface area contributed by atoms with Gasteiger partial charge in [0.15, 0.2) is 14.9 Å². The van der Waals surface area contributed by atoms with E-state index < -0.39 is 33.5 Å². The van der Waals surface area contributed by atoms with Crippen LogP contribution >= 0.6 is 11.6 Å². The highest BCUT2D eigenvalue weighted by Gasteiger charge is 2.30. The summed E-state index contributed by atoms with van der Waals surface area (Å²) in [7, 11) is -3.64. The third-order valence-electron chi connectivity index (χ3n) is 4.38. The molecule has 166 valence electrons. The van der Waals surface area contributed by atoms with E-state index in [1.807, 2.05) is 0 Å². The highest BCUT2D eigenvalue weighted by atomic mass is 35.5. The minimum absolute atomic E-state index is 0.0903. The van der Waals surface area contributed by atoms with E-state index in [0.717, 1.165) is 24.5 Å². The highest BCUT2D eigenvalue weighted by molar-refractivity contribution is 7.90. The number of ether oxygens (including phenoxy) is 1. The van der Waals surface area contributed by atoms with E-state index in [4.69, 9.17) is 16.3 Å². The van der Waals surface area contributed by atoms with Crippen molar-refractivity contribution in [3.8, 4) is 0 Å². The summed E-state index contributed by atoms with van der Waals surface area (Å²) in [5.41, 5.74) is 0.00776. The van der Waals surface area contributed by atoms with E-state index in [0.29, 0.717) is 5.56 Å². The van der Waals surface area contributed by atoms with Gasteiger partial charge >= 0.3 is 6.18 Å². The zero-order valence-corrected chi connectivity index (χ0v) is 17.9. The number of hydrogen-bond donors (Lipinski definition) is 1. The third-order valence-corrected chi connectivity index (χ3v) is 5.76. The van der Waals surface area contributed by atoms with Crippen molar-refractivity contribution in [2.24, 2.45) is 0 Å². The Balaban J connectivity index is 1.98. The first-order chi connectivity index (χ1) is 14.4. The lowest BCUT2D eigenvalue weighted by Crippen LogP contribution is -2.10. The molecule has 0 saturated heterocycles. The molecule has 5 nitrogen and oxygen atoms in total. The molecule has 0 bridgehead atoms. The number of imidazole rings is 1. The molecule has 0 aliphatic carbocycles. The maximum Gasteiger partial charge on any atom is 0.416 e. The number of aromatic nitrogens is 2. The van der Waals surface area contributed by atoms with Crippen LogP contribution in [0.15, 0.2) is 47.5 Å². The van der Waals surface area contributed by atoms with Crippen LogP contribution < -0.4 is 0 Å². The second kappa shape index (κ2) is 8.60. The molecule has 0 saturated carbocycles. The van der Waals surface area contributed by atoms with Gasteiger partial charge in [0.1, 0.15) is 17.7 Å². The van der Waals surface area contributed by atoms with E-state index in [2.05, 4.69) is 9.97 Å². The number of nitrogens with zero attached hydrogens (tertiary/aromatic N) is 1. The molecule has 0 radical (unpaired) electrons. The van der Waals surface area contributed by atoms with Gasteiger partial charge in [0, 0.05) is 6.26 Å². The van der Waals surface area contributed by atoms with Crippen molar-refractivity contribution in [3.63, 3.8) is 0 Å². The first-order valence-corrected chi connectivity index (χ1v) is 11.1. The van der Waals surface area contributed by atoms with Crippen LogP contribution in [0.3, 0.4) is 0 Å². The average Bonchev–Trinajstić information content (AvgIpc) is 3.06. The van der Waals surface area contributed by atoms with Crippen LogP contribution in [0.2, 0.25) is 5.02 Å². The smallest absolute Gasteiger partial charge is 0.361 e. The molecule has 0 spiro atoms. The highest BCUT2D eigenvalue weighted by Crippen LogP contribution is 2.32. The fourth-order valence-electron chi connectivity index (χ4n) is 2.98. The van der Waals surface area contributed by atoms with Crippen molar-refractivity contribution in [1.29, 1.82) is 0 Å². The standard InChI is InChI=1S/C20H17ClF4N2O3S/c1-11-19(31(2,28)29)27-18(26-11)17(13-6-7-16(22)15(21)9-13)30-10-12-4-3-5-14(8-12)20(23,24)25/h3-9,17H,10H2,1-2H3,(H,26,27)/t17-/m0/s1. The fourth-order valence-corrected chi connectivity index (χ4v) is 4.04. The Labute approximate surface area is 181 Å². The van der Waals surface area contributed by atoms with Crippen LogP contribution in [0.25, 0.3) is 0 Å². The molecule has 0 fully saturated rings. The van der Waals surface area contributed by atoms with E-state index >= 15 is 0 Å². The number of aryl methyl sites for hydroxylation is 1. The summed E-state index contributed by atoms with van der Waals surface area (Å²) in [6.45, 7) is 1.26. The topological polar surface area (TPSA) is 72.0 Å². The van der Waals surface area contributed by atoms with Crippen LogP contribution in [0.1, 0.15) is 34.3 Å². The van der Waals surface area contributed by atoms with Gasteiger partial charge in [0.2, 0.25) is 0 Å². The number of sulfone groups is 1. The minimum atomic E-state index is -4.51. The minimum Gasteiger partial charge on any atom is -0.361 e. The van der Waals surface area contributed by atoms with Crippen LogP contribution in [-0.2, 0) is 27.4 Å². The zero-order valence-electron chi connectivity index (χ0n) is 16.3. The largest absolute Gasteiger partial charge is 0.416 e. The predicted octanol–water partition coefficient (Wildman–Crippen LogP) is 5.24. The molecule has 3 aromatic rings. The maximum absolute atomic E-state index is 13.6. The van der Waals surface area contributed by atoms with Crippen molar-refractivity contribution in [3.05, 3.63) is 81.5 Å². The third kappa shape index (κ3) is 5.44. The van der Waals surface area contributed by atoms with E-state index in [-0.39, 0.29) is 33.7 Å². The predicted molar refractivity (Wildman–Crippen MR) is 106 cm³/mol. The van der Waals surface area contributed by atoms with Crippen LogP contribution in [0.4, 0.5) is 17.6 Å². The van der Waals surface area contributed by atoms with Crippen molar-refractivity contribution in [2.75, 3.05) is 6.26 Å². The normalized spacial score (nSPS) is 13.4. The lowest BCUT2D eigenvalue weighted by Gasteiger charge is -2.17. The summed E-state index contributed by atoms with van der Waals surface area (Å²) in [5.74, 6) is -0.581. The maximum atomic E-state index is 13.6. The lowest BCUT2D eigenvalue weighted by atomic mass is 10.1. The Bertz CT molecular complexity index is 1210. The molecular weight excluding hydrogens is 460 g/mol. The number of halogens is 5. The molecule has 1 heterocycles. The Hall–Kier alpha value is -2.43. The van der Waals surface area contributed by atoms with Gasteiger partial charge in [-0.15, -0.1) is 0 Å². The van der Waals surface area contributed by atoms with Crippen molar-refractivity contribution < 1.29 is 30.7 Å². The first-order valence-electron chi connectivity index (χ1n) is 8.85. The summed E-state index contributed by atoms with van der Waals surface area (Å²) in [6.07, 6.45) is -4.56. The van der Waals surface area contributed by atoms with Gasteiger partial charge in [0.05, 0.1) is 22.9 Å². The van der Waals surface area contributed by atoms with Gasteiger partial charge in [-0.1, -0.05) is 29.8 Å². The van der Waals surface area contributed by atoms with Crippen molar-refractivity contribution in [1.82, 2.24) is 9.97 Å². The van der Waals surface area contributed by atoms with Crippen LogP contribution in [0, 0.1) is 12.7 Å². The number of benzene rings is 2. The summed E-state index contributed by atoms with van der Waals surface area (Å²) in [5, 5.41) is -0.389. The summed E-state index contributed by atoms with van der Waals surface area (Å²) >= 11 is 5.86. The SMILES string of the molecule is Cc1[nH]c([C@@H](OCc2cccc(C(F)(F)F)c2)c2ccc(F)c(Cl)c2)nc1S(C)(=O)=O. The van der Waals surface area contributed by atoms with Crippen LogP contribution in [0.5, 0.6) is 0 Å². The molecule has 11 heteroatoms. The molecule has 0 amide bonds. The second-order valence-electron chi connectivity index (χ2n) is 6.89. The average molecular weight is 477 g/mol. The summed E-state index contributed by atoms with van der Waals surface area (Å²) in [4.78, 5) is 6.92. The number of rotatable bonds is 6. The van der Waals surface area contributed by atoms with Gasteiger partial charge in [-0.05, 0) is 42.3 Å². The molecule has 1 atom stereocenters. The van der Waals surface area contributed by atoms with Gasteiger partial charge in [-0.3, -0.25) is 0 Å². The van der Waals surface area contributed by atoms with Crippen LogP contribution in [-0.4, -0.2) is 24.6 Å². The number of nitrogens with one attached hydrogen (secondary N) is 1. The second-order valence-corrected chi connectivity index (χ2v) is 9.23. The molecule has 2 aromatic carbocycles. The first kappa shape index (κ1) is 23.2. The van der Waals surface area contributed by atoms with E-state index in [1.165, 1.54) is 31.2 Å². The summed E-state index contributed by atoms with van der Waals surface area (Å²) < 4.78 is 82.2. The van der Waals surface area contributed by atoms with Gasteiger partial charge in [-0.2, -0.15) is 13.2 Å². The zero-order chi connectivity index (χ0) is 23.0. The van der Waals surface area contributed by atoms with E-state index in [9.17, 15) is 26.0 Å². The molecule has 1 N–H and O–H groups in total. The number of aromatic amines is 1. The molecule has 3 rings (SSSR count). The quantitative estimate of drug-likeness (QED) is 0.494. The number of alkyl halides is 3.